The van der Waals surface area contributed by atoms with Crippen LogP contribution in [0.5, 0.6) is 5.75 Å². The minimum atomic E-state index is 0.179. The van der Waals surface area contributed by atoms with E-state index in [1.165, 1.54) is 11.1 Å². The van der Waals surface area contributed by atoms with Gasteiger partial charge in [0, 0.05) is 18.5 Å². The van der Waals surface area contributed by atoms with Crippen molar-refractivity contribution in [2.24, 2.45) is 0 Å². The summed E-state index contributed by atoms with van der Waals surface area (Å²) in [6, 6.07) is 12.1. The number of ketones is 1. The molecule has 0 saturated heterocycles. The molecule has 0 fully saturated rings. The molecule has 0 radical (unpaired) electrons. The largest absolute Gasteiger partial charge is 0.496 e. The third-order valence-electron chi connectivity index (χ3n) is 6.35. The molecule has 164 valence electrons. The number of carbonyl (C=O) groups is 2. The summed E-state index contributed by atoms with van der Waals surface area (Å²) in [5.41, 5.74) is 5.33. The summed E-state index contributed by atoms with van der Waals surface area (Å²) in [5, 5.41) is 3.49. The van der Waals surface area contributed by atoms with Gasteiger partial charge >= 0.3 is 0 Å². The predicted molar refractivity (Wildman–Crippen MR) is 123 cm³/mol. The van der Waals surface area contributed by atoms with Crippen LogP contribution in [0.15, 0.2) is 36.4 Å². The normalized spacial score (nSPS) is 14.6. The van der Waals surface area contributed by atoms with Gasteiger partial charge < -0.3 is 15.0 Å². The number of amides is 1. The summed E-state index contributed by atoms with van der Waals surface area (Å²) in [5.74, 6) is 1.33. The zero-order valence-corrected chi connectivity index (χ0v) is 18.4. The quantitative estimate of drug-likeness (QED) is 0.439. The van der Waals surface area contributed by atoms with E-state index < -0.39 is 0 Å². The molecule has 0 aliphatic carbocycles. The first kappa shape index (κ1) is 21.6. The Bertz CT molecular complexity index is 954. The lowest BCUT2D eigenvalue weighted by molar-refractivity contribution is -0.117. The van der Waals surface area contributed by atoms with Gasteiger partial charge in [-0.2, -0.15) is 0 Å². The number of hydrogen-bond acceptors (Lipinski definition) is 4. The van der Waals surface area contributed by atoms with Crippen molar-refractivity contribution in [1.82, 2.24) is 5.32 Å². The summed E-state index contributed by atoms with van der Waals surface area (Å²) in [7, 11) is 1.71. The fourth-order valence-corrected chi connectivity index (χ4v) is 4.75. The van der Waals surface area contributed by atoms with E-state index in [9.17, 15) is 9.59 Å². The highest BCUT2D eigenvalue weighted by atomic mass is 16.5. The number of nitrogens with zero attached hydrogens (tertiary/aromatic N) is 1. The molecule has 0 spiro atoms. The van der Waals surface area contributed by atoms with Crippen molar-refractivity contribution < 1.29 is 14.3 Å². The maximum absolute atomic E-state index is 12.7. The lowest BCUT2D eigenvalue weighted by Gasteiger charge is -2.25. The minimum absolute atomic E-state index is 0.179. The average molecular weight is 421 g/mol. The molecule has 2 aromatic carbocycles. The van der Waals surface area contributed by atoms with Crippen LogP contribution in [0, 0.1) is 0 Å². The van der Waals surface area contributed by atoms with Gasteiger partial charge in [0.15, 0.2) is 5.78 Å². The fraction of sp³-hybridized carbons (Fsp3) is 0.462. The molecule has 0 atom stereocenters. The first-order chi connectivity index (χ1) is 15.2. The number of unbranched alkanes of at least 4 members (excludes halogenated alkanes) is 2. The lowest BCUT2D eigenvalue weighted by Crippen LogP contribution is -2.31. The van der Waals surface area contributed by atoms with Crippen LogP contribution in [-0.4, -0.2) is 38.4 Å². The highest BCUT2D eigenvalue weighted by Gasteiger charge is 2.32. The molecular formula is C26H32N2O3. The van der Waals surface area contributed by atoms with Crippen molar-refractivity contribution in [2.45, 2.75) is 51.4 Å². The average Bonchev–Trinajstić information content (AvgIpc) is 3.12. The maximum Gasteiger partial charge on any atom is 0.231 e. The van der Waals surface area contributed by atoms with Gasteiger partial charge in [0.2, 0.25) is 5.91 Å². The molecule has 1 amide bonds. The minimum Gasteiger partial charge on any atom is -0.496 e. The molecule has 0 aromatic heterocycles. The first-order valence-corrected chi connectivity index (χ1v) is 11.5. The van der Waals surface area contributed by atoms with E-state index in [0.29, 0.717) is 12.8 Å². The van der Waals surface area contributed by atoms with Crippen LogP contribution in [0.1, 0.15) is 59.2 Å². The third kappa shape index (κ3) is 4.99. The monoisotopic (exact) mass is 420 g/mol. The van der Waals surface area contributed by atoms with Crippen LogP contribution in [-0.2, 0) is 24.1 Å². The molecule has 0 saturated carbocycles. The summed E-state index contributed by atoms with van der Waals surface area (Å²) in [4.78, 5) is 26.8. The molecule has 2 aliphatic heterocycles. The number of para-hydroxylation sites is 1. The Morgan fingerprint density at radius 3 is 2.81 bits per heavy atom. The Balaban J connectivity index is 1.16. The number of benzene rings is 2. The van der Waals surface area contributed by atoms with E-state index in [2.05, 4.69) is 11.4 Å². The van der Waals surface area contributed by atoms with Crippen molar-refractivity contribution in [3.05, 3.63) is 58.7 Å². The molecule has 2 aromatic rings. The van der Waals surface area contributed by atoms with E-state index in [1.807, 2.05) is 35.2 Å². The van der Waals surface area contributed by atoms with E-state index in [4.69, 9.17) is 4.74 Å². The first-order valence-electron chi connectivity index (χ1n) is 11.5. The van der Waals surface area contributed by atoms with Crippen LogP contribution in [0.4, 0.5) is 5.69 Å². The van der Waals surface area contributed by atoms with Crippen molar-refractivity contribution in [2.75, 3.05) is 31.6 Å². The van der Waals surface area contributed by atoms with Gasteiger partial charge in [-0.3, -0.25) is 9.59 Å². The molecule has 31 heavy (non-hydrogen) atoms. The van der Waals surface area contributed by atoms with E-state index in [1.54, 1.807) is 7.11 Å². The second-order valence-corrected chi connectivity index (χ2v) is 8.51. The highest BCUT2D eigenvalue weighted by Crippen LogP contribution is 2.37. The van der Waals surface area contributed by atoms with Crippen molar-refractivity contribution in [3.63, 3.8) is 0 Å². The number of rotatable bonds is 11. The molecular weight excluding hydrogens is 388 g/mol. The zero-order chi connectivity index (χ0) is 21.6. The van der Waals surface area contributed by atoms with Crippen molar-refractivity contribution >= 4 is 17.4 Å². The number of ether oxygens (including phenoxy) is 1. The lowest BCUT2D eigenvalue weighted by atomic mass is 9.94. The van der Waals surface area contributed by atoms with Crippen LogP contribution in [0.3, 0.4) is 0 Å². The number of carbonyl (C=O) groups excluding carboxylic acids is 2. The Hall–Kier alpha value is -2.66. The predicted octanol–water partition coefficient (Wildman–Crippen LogP) is 4.11. The Labute approximate surface area is 184 Å². The number of Topliss-reactive ketones (excluding diaryl/α,β-unsaturated/α-hetero) is 1. The van der Waals surface area contributed by atoms with Gasteiger partial charge in [-0.15, -0.1) is 0 Å². The summed E-state index contributed by atoms with van der Waals surface area (Å²) >= 11 is 0. The van der Waals surface area contributed by atoms with Crippen molar-refractivity contribution in [1.29, 1.82) is 0 Å². The van der Waals surface area contributed by atoms with Gasteiger partial charge in [0.1, 0.15) is 5.75 Å². The Morgan fingerprint density at radius 2 is 1.94 bits per heavy atom. The van der Waals surface area contributed by atoms with Gasteiger partial charge in [-0.25, -0.2) is 0 Å². The maximum atomic E-state index is 12.7. The number of hydrogen-bond donors (Lipinski definition) is 1. The molecule has 0 unspecified atom stereocenters. The second-order valence-electron chi connectivity index (χ2n) is 8.51. The van der Waals surface area contributed by atoms with Crippen LogP contribution in [0.25, 0.3) is 0 Å². The van der Waals surface area contributed by atoms with Gasteiger partial charge in [-0.1, -0.05) is 24.6 Å². The Kier molecular flexibility index (Phi) is 7.03. The topological polar surface area (TPSA) is 58.6 Å². The Morgan fingerprint density at radius 1 is 1.10 bits per heavy atom. The van der Waals surface area contributed by atoms with Crippen LogP contribution in [0.2, 0.25) is 0 Å². The van der Waals surface area contributed by atoms with Crippen LogP contribution >= 0.6 is 0 Å². The summed E-state index contributed by atoms with van der Waals surface area (Å²) in [6.07, 6.45) is 6.94. The molecule has 5 heteroatoms. The van der Waals surface area contributed by atoms with Crippen molar-refractivity contribution in [3.8, 4) is 5.75 Å². The number of aryl methyl sites for hydroxylation is 1. The van der Waals surface area contributed by atoms with E-state index >= 15 is 0 Å². The van der Waals surface area contributed by atoms with Gasteiger partial charge in [-0.05, 0) is 80.1 Å². The molecule has 0 bridgehead atoms. The number of anilines is 1. The molecule has 2 heterocycles. The second kappa shape index (κ2) is 10.1. The molecule has 1 N–H and O–H groups in total. The number of methoxy groups -OCH3 is 1. The highest BCUT2D eigenvalue weighted by molar-refractivity contribution is 6.05. The zero-order valence-electron chi connectivity index (χ0n) is 18.4. The third-order valence-corrected chi connectivity index (χ3v) is 6.35. The fourth-order valence-electron chi connectivity index (χ4n) is 4.75. The van der Waals surface area contributed by atoms with Gasteiger partial charge in [0.05, 0.1) is 19.2 Å². The summed E-state index contributed by atoms with van der Waals surface area (Å²) < 4.78 is 5.39. The van der Waals surface area contributed by atoms with E-state index in [-0.39, 0.29) is 11.7 Å². The standard InChI is InChI=1S/C26H32N2O3/c1-31-24-11-5-4-8-19(24)12-14-27-13-6-2-3-10-23(29)21-16-20-9-7-15-28-25(30)18-22(17-21)26(20)28/h4-5,8,11,16-17,27H,2-3,6-7,9-10,12-15,18H2,1H3. The molecule has 5 nitrogen and oxygen atoms in total. The molecule has 2 aliphatic rings. The SMILES string of the molecule is COc1ccccc1CCNCCCCCC(=O)c1cc2c3c(c1)CC(=O)N3CCC2. The summed E-state index contributed by atoms with van der Waals surface area (Å²) in [6.45, 7) is 2.70. The number of nitrogens with one attached hydrogen (secondary N) is 1. The van der Waals surface area contributed by atoms with Crippen LogP contribution < -0.4 is 15.0 Å². The molecule has 4 rings (SSSR count). The van der Waals surface area contributed by atoms with Gasteiger partial charge in [0.25, 0.3) is 0 Å². The van der Waals surface area contributed by atoms with E-state index in [0.717, 1.165) is 80.7 Å². The smallest absolute Gasteiger partial charge is 0.231 e.